The van der Waals surface area contributed by atoms with Crippen LogP contribution in [0.15, 0.2) is 42.5 Å². The smallest absolute Gasteiger partial charge is 0.306 e. The lowest BCUT2D eigenvalue weighted by atomic mass is 9.67. The summed E-state index contributed by atoms with van der Waals surface area (Å²) in [7, 11) is 1.68. The fraction of sp³-hybridized carbons (Fsp3) is 0.632. The molecule has 1 saturated heterocycles. The number of ether oxygens (including phenoxy) is 4. The summed E-state index contributed by atoms with van der Waals surface area (Å²) in [5, 5.41) is 0.551. The van der Waals surface area contributed by atoms with Gasteiger partial charge in [-0.1, -0.05) is 50.6 Å². The van der Waals surface area contributed by atoms with Crippen LogP contribution in [0, 0.1) is 11.3 Å². The molecule has 0 aromatic heterocycles. The molecule has 1 aliphatic heterocycles. The number of carbonyl (C=O) groups excluding carboxylic acids is 2. The minimum absolute atomic E-state index is 0.0682. The molecule has 2 fully saturated rings. The molecule has 46 heavy (non-hydrogen) atoms. The van der Waals surface area contributed by atoms with Crippen LogP contribution in [0.2, 0.25) is 5.02 Å². The maximum atomic E-state index is 13.8. The van der Waals surface area contributed by atoms with Gasteiger partial charge in [-0.25, -0.2) is 0 Å². The molecule has 0 N–H and O–H groups in total. The van der Waals surface area contributed by atoms with Crippen molar-refractivity contribution in [2.24, 2.45) is 11.3 Å². The zero-order valence-electron chi connectivity index (χ0n) is 29.0. The van der Waals surface area contributed by atoms with Gasteiger partial charge in [-0.05, 0) is 107 Å². The van der Waals surface area contributed by atoms with E-state index in [0.29, 0.717) is 49.4 Å². The fourth-order valence-corrected chi connectivity index (χ4v) is 7.40. The van der Waals surface area contributed by atoms with Gasteiger partial charge in [0.1, 0.15) is 11.5 Å². The second kappa shape index (κ2) is 15.4. The third-order valence-electron chi connectivity index (χ3n) is 9.55. The van der Waals surface area contributed by atoms with Crippen molar-refractivity contribution in [3.05, 3.63) is 58.6 Å². The lowest BCUT2D eigenvalue weighted by Gasteiger charge is -2.46. The summed E-state index contributed by atoms with van der Waals surface area (Å²) in [4.78, 5) is 27.7. The average Bonchev–Trinajstić information content (AvgIpc) is 3.00. The Balaban J connectivity index is 1.46. The van der Waals surface area contributed by atoms with Gasteiger partial charge in [0, 0.05) is 36.9 Å². The first-order valence-electron chi connectivity index (χ1n) is 16.9. The van der Waals surface area contributed by atoms with Gasteiger partial charge in [0.05, 0.1) is 30.4 Å². The largest absolute Gasteiger partial charge is 0.497 e. The van der Waals surface area contributed by atoms with E-state index in [0.717, 1.165) is 56.3 Å². The second-order valence-corrected chi connectivity index (χ2v) is 15.2. The van der Waals surface area contributed by atoms with Crippen LogP contribution in [0.25, 0.3) is 0 Å². The Morgan fingerprint density at radius 3 is 2.33 bits per heavy atom. The molecule has 1 heterocycles. The van der Waals surface area contributed by atoms with Crippen molar-refractivity contribution >= 4 is 23.5 Å². The number of esters is 1. The highest BCUT2D eigenvalue weighted by Gasteiger charge is 2.43. The van der Waals surface area contributed by atoms with Crippen LogP contribution in [-0.2, 0) is 31.0 Å². The number of benzene rings is 2. The molecule has 4 rings (SSSR count). The highest BCUT2D eigenvalue weighted by Crippen LogP contribution is 2.45. The van der Waals surface area contributed by atoms with Crippen LogP contribution in [0.5, 0.6) is 11.5 Å². The highest BCUT2D eigenvalue weighted by molar-refractivity contribution is 6.32. The SMILES string of the molecule is CCOC(=O)CC1CCC(Oc2ccc(CN(CCC3(c4ccc(OC)cc4)CCOC(C)(C)C3)C(=O)C(C)(C)C)cc2Cl)CC1. The van der Waals surface area contributed by atoms with Crippen LogP contribution in [0.4, 0.5) is 0 Å². The molecule has 1 aliphatic carbocycles. The summed E-state index contributed by atoms with van der Waals surface area (Å²) >= 11 is 6.78. The molecule has 0 radical (unpaired) electrons. The second-order valence-electron chi connectivity index (χ2n) is 14.8. The van der Waals surface area contributed by atoms with Crippen molar-refractivity contribution in [1.29, 1.82) is 0 Å². The summed E-state index contributed by atoms with van der Waals surface area (Å²) < 4.78 is 23.0. The van der Waals surface area contributed by atoms with Crippen LogP contribution in [0.1, 0.15) is 104 Å². The molecule has 0 spiro atoms. The van der Waals surface area contributed by atoms with Crippen molar-refractivity contribution in [3.8, 4) is 11.5 Å². The molecule has 1 saturated carbocycles. The molecule has 1 amide bonds. The van der Waals surface area contributed by atoms with E-state index in [1.807, 2.05) is 62.9 Å². The average molecular weight is 656 g/mol. The first kappa shape index (κ1) is 36.1. The summed E-state index contributed by atoms with van der Waals surface area (Å²) in [5.74, 6) is 1.84. The lowest BCUT2D eigenvalue weighted by molar-refractivity contribution is -0.144. The number of amides is 1. The molecule has 254 valence electrons. The minimum Gasteiger partial charge on any atom is -0.497 e. The molecule has 7 nitrogen and oxygen atoms in total. The van der Waals surface area contributed by atoms with Gasteiger partial charge < -0.3 is 23.8 Å². The Morgan fingerprint density at radius 2 is 1.74 bits per heavy atom. The Morgan fingerprint density at radius 1 is 1.04 bits per heavy atom. The van der Waals surface area contributed by atoms with Crippen LogP contribution < -0.4 is 9.47 Å². The van der Waals surface area contributed by atoms with Crippen LogP contribution in [-0.4, -0.2) is 55.3 Å². The quantitative estimate of drug-likeness (QED) is 0.213. The van der Waals surface area contributed by atoms with Crippen molar-refractivity contribution < 1.29 is 28.5 Å². The Hall–Kier alpha value is -2.77. The zero-order chi connectivity index (χ0) is 33.5. The minimum atomic E-state index is -0.527. The molecule has 1 atom stereocenters. The molecular weight excluding hydrogens is 602 g/mol. The Kier molecular flexibility index (Phi) is 12.1. The van der Waals surface area contributed by atoms with E-state index in [1.165, 1.54) is 5.56 Å². The van der Waals surface area contributed by atoms with E-state index in [2.05, 4.69) is 26.0 Å². The molecule has 2 aromatic rings. The molecule has 1 unspecified atom stereocenters. The van der Waals surface area contributed by atoms with Crippen LogP contribution >= 0.6 is 11.6 Å². The van der Waals surface area contributed by atoms with Crippen molar-refractivity contribution in [2.45, 2.75) is 117 Å². The number of hydrogen-bond acceptors (Lipinski definition) is 6. The van der Waals surface area contributed by atoms with Crippen molar-refractivity contribution in [2.75, 3.05) is 26.9 Å². The van der Waals surface area contributed by atoms with E-state index in [1.54, 1.807) is 7.11 Å². The number of methoxy groups -OCH3 is 1. The first-order valence-corrected chi connectivity index (χ1v) is 17.3. The van der Waals surface area contributed by atoms with E-state index in [9.17, 15) is 9.59 Å². The van der Waals surface area contributed by atoms with Gasteiger partial charge in [-0.2, -0.15) is 0 Å². The molecule has 0 bridgehead atoms. The van der Waals surface area contributed by atoms with Gasteiger partial charge in [0.15, 0.2) is 0 Å². The highest BCUT2D eigenvalue weighted by atomic mass is 35.5. The van der Waals surface area contributed by atoms with Crippen LogP contribution in [0.3, 0.4) is 0 Å². The predicted octanol–water partition coefficient (Wildman–Crippen LogP) is 8.53. The standard InChI is InChI=1S/C38H54ClNO6/c1-8-44-34(41)24-27-9-14-31(15-10-27)46-33-18-11-28(23-32(33)39)25-40(35(42)36(2,3)4)21-19-38(20-22-45-37(5,6)26-38)29-12-16-30(43-7)17-13-29/h11-13,16-18,23,27,31H,8-10,14-15,19-22,24-26H2,1-7H3. The fourth-order valence-electron chi connectivity index (χ4n) is 7.15. The number of hydrogen-bond donors (Lipinski definition) is 0. The van der Waals surface area contributed by atoms with Gasteiger partial charge in [0.2, 0.25) is 5.91 Å². The van der Waals surface area contributed by atoms with E-state index < -0.39 is 5.41 Å². The van der Waals surface area contributed by atoms with Gasteiger partial charge in [-0.15, -0.1) is 0 Å². The van der Waals surface area contributed by atoms with E-state index >= 15 is 0 Å². The zero-order valence-corrected chi connectivity index (χ0v) is 29.7. The van der Waals surface area contributed by atoms with E-state index in [-0.39, 0.29) is 29.0 Å². The topological polar surface area (TPSA) is 74.3 Å². The molecular formula is C38H54ClNO6. The summed E-state index contributed by atoms with van der Waals surface area (Å²) in [6.07, 6.45) is 6.76. The number of halogens is 1. The van der Waals surface area contributed by atoms with Gasteiger partial charge in [-0.3, -0.25) is 9.59 Å². The maximum absolute atomic E-state index is 13.8. The third kappa shape index (κ3) is 9.63. The number of carbonyl (C=O) groups is 2. The summed E-state index contributed by atoms with van der Waals surface area (Å²) in [6.45, 7) is 14.3. The van der Waals surface area contributed by atoms with Crippen molar-refractivity contribution in [3.63, 3.8) is 0 Å². The molecule has 2 aromatic carbocycles. The maximum Gasteiger partial charge on any atom is 0.306 e. The monoisotopic (exact) mass is 655 g/mol. The summed E-state index contributed by atoms with van der Waals surface area (Å²) in [5.41, 5.74) is 1.31. The van der Waals surface area contributed by atoms with E-state index in [4.69, 9.17) is 30.5 Å². The summed E-state index contributed by atoms with van der Waals surface area (Å²) in [6, 6.07) is 14.3. The molecule has 2 aliphatic rings. The third-order valence-corrected chi connectivity index (χ3v) is 9.84. The number of nitrogens with zero attached hydrogens (tertiary/aromatic N) is 1. The van der Waals surface area contributed by atoms with Gasteiger partial charge in [0.25, 0.3) is 0 Å². The van der Waals surface area contributed by atoms with Gasteiger partial charge >= 0.3 is 5.97 Å². The lowest BCUT2D eigenvalue weighted by Crippen LogP contribution is -2.47. The predicted molar refractivity (Wildman–Crippen MR) is 183 cm³/mol. The Bertz CT molecular complexity index is 1310. The molecule has 8 heteroatoms. The number of rotatable bonds is 12. The first-order chi connectivity index (χ1) is 21.7. The van der Waals surface area contributed by atoms with Crippen molar-refractivity contribution in [1.82, 2.24) is 4.90 Å². The Labute approximate surface area is 281 Å². The normalized spacial score (nSPS) is 23.0.